The number of alkyl halides is 1. The lowest BCUT2D eigenvalue weighted by Crippen LogP contribution is -2.27. The molecule has 1 aromatic heterocycles. The number of aromatic nitrogens is 1. The number of carbonyl (C=O) groups is 2. The van der Waals surface area contributed by atoms with Gasteiger partial charge in [0.25, 0.3) is 0 Å². The maximum absolute atomic E-state index is 12.9. The fourth-order valence-corrected chi connectivity index (χ4v) is 4.48. The van der Waals surface area contributed by atoms with Gasteiger partial charge in [0.1, 0.15) is 30.1 Å². The number of ether oxygens (including phenoxy) is 1. The Labute approximate surface area is 170 Å². The van der Waals surface area contributed by atoms with Crippen LogP contribution in [0.2, 0.25) is 0 Å². The van der Waals surface area contributed by atoms with E-state index < -0.39 is 22.2 Å². The first-order valence-corrected chi connectivity index (χ1v) is 10.9. The van der Waals surface area contributed by atoms with E-state index >= 15 is 0 Å². The monoisotopic (exact) mass is 442 g/mol. The third-order valence-electron chi connectivity index (χ3n) is 3.83. The van der Waals surface area contributed by atoms with Gasteiger partial charge >= 0.3 is 6.03 Å². The van der Waals surface area contributed by atoms with E-state index in [4.69, 9.17) is 4.74 Å². The predicted octanol–water partition coefficient (Wildman–Crippen LogP) is 1.41. The second-order valence-corrected chi connectivity index (χ2v) is 9.29. The molecule has 2 N–H and O–H groups in total. The lowest BCUT2D eigenvalue weighted by molar-refractivity contribution is -0.118. The summed E-state index contributed by atoms with van der Waals surface area (Å²) in [6.07, 6.45) is 0.346. The van der Waals surface area contributed by atoms with E-state index in [1.165, 1.54) is 47.6 Å². The molecule has 9 nitrogen and oxygen atoms in total. The Bertz CT molecular complexity index is 1010. The predicted molar refractivity (Wildman–Crippen MR) is 103 cm³/mol. The van der Waals surface area contributed by atoms with Crippen molar-refractivity contribution in [2.24, 2.45) is 0 Å². The minimum atomic E-state index is -3.81. The SMILES string of the molecule is CC(F)COc1cccc(S(=O)(=O)NCc2cnc(CN3CC(=O)NC3=O)s2)c1. The van der Waals surface area contributed by atoms with Crippen LogP contribution in [0.3, 0.4) is 0 Å². The summed E-state index contributed by atoms with van der Waals surface area (Å²) in [4.78, 5) is 28.9. The zero-order chi connectivity index (χ0) is 21.0. The number of nitrogens with zero attached hydrogens (tertiary/aromatic N) is 2. The lowest BCUT2D eigenvalue weighted by atomic mass is 10.3. The van der Waals surface area contributed by atoms with Crippen molar-refractivity contribution in [1.29, 1.82) is 0 Å². The van der Waals surface area contributed by atoms with Gasteiger partial charge in [-0.3, -0.25) is 10.1 Å². The molecular weight excluding hydrogens is 423 g/mol. The smallest absolute Gasteiger partial charge is 0.324 e. The van der Waals surface area contributed by atoms with Gasteiger partial charge in [-0.15, -0.1) is 11.3 Å². The summed E-state index contributed by atoms with van der Waals surface area (Å²) < 4.78 is 45.6. The number of nitrogens with one attached hydrogen (secondary N) is 2. The number of imide groups is 1. The first kappa shape index (κ1) is 21.1. The Kier molecular flexibility index (Phi) is 6.45. The molecule has 3 amide bonds. The van der Waals surface area contributed by atoms with Gasteiger partial charge in [-0.1, -0.05) is 6.07 Å². The van der Waals surface area contributed by atoms with Gasteiger partial charge in [0.05, 0.1) is 11.4 Å². The molecular formula is C17H19FN4O5S2. The molecule has 12 heteroatoms. The molecule has 1 aliphatic heterocycles. The first-order chi connectivity index (χ1) is 13.7. The minimum Gasteiger partial charge on any atom is -0.491 e. The van der Waals surface area contributed by atoms with Crippen LogP contribution in [-0.2, 0) is 27.9 Å². The maximum atomic E-state index is 12.9. The van der Waals surface area contributed by atoms with Crippen molar-refractivity contribution in [3.8, 4) is 5.75 Å². The van der Waals surface area contributed by atoms with Crippen molar-refractivity contribution in [3.05, 3.63) is 40.3 Å². The summed E-state index contributed by atoms with van der Waals surface area (Å²) in [5.41, 5.74) is 0. The summed E-state index contributed by atoms with van der Waals surface area (Å²) in [5, 5.41) is 2.76. The average molecular weight is 442 g/mol. The number of sulfonamides is 1. The van der Waals surface area contributed by atoms with E-state index in [2.05, 4.69) is 15.0 Å². The molecule has 29 heavy (non-hydrogen) atoms. The van der Waals surface area contributed by atoms with Crippen LogP contribution in [0, 0.1) is 0 Å². The number of halogens is 1. The van der Waals surface area contributed by atoms with Crippen LogP contribution in [0.5, 0.6) is 5.75 Å². The number of benzene rings is 1. The van der Waals surface area contributed by atoms with Crippen LogP contribution in [-0.4, -0.2) is 49.6 Å². The summed E-state index contributed by atoms with van der Waals surface area (Å²) in [6.45, 7) is 1.33. The minimum absolute atomic E-state index is 0.00139. The van der Waals surface area contributed by atoms with Crippen molar-refractivity contribution in [2.75, 3.05) is 13.2 Å². The van der Waals surface area contributed by atoms with E-state index in [0.717, 1.165) is 0 Å². The Morgan fingerprint density at radius 3 is 2.90 bits per heavy atom. The molecule has 0 saturated carbocycles. The zero-order valence-corrected chi connectivity index (χ0v) is 17.1. The van der Waals surface area contributed by atoms with Gasteiger partial charge in [-0.05, 0) is 19.1 Å². The second kappa shape index (κ2) is 8.84. The fraction of sp³-hybridized carbons (Fsp3) is 0.353. The van der Waals surface area contributed by atoms with Gasteiger partial charge in [0.2, 0.25) is 15.9 Å². The van der Waals surface area contributed by atoms with Gasteiger partial charge in [0, 0.05) is 23.7 Å². The summed E-state index contributed by atoms with van der Waals surface area (Å²) in [6, 6.07) is 5.33. The Hall–Kier alpha value is -2.57. The van der Waals surface area contributed by atoms with Crippen molar-refractivity contribution < 1.29 is 27.1 Å². The lowest BCUT2D eigenvalue weighted by Gasteiger charge is -2.10. The molecule has 1 atom stereocenters. The van der Waals surface area contributed by atoms with E-state index in [1.54, 1.807) is 6.07 Å². The van der Waals surface area contributed by atoms with Gasteiger partial charge in [0.15, 0.2) is 0 Å². The van der Waals surface area contributed by atoms with E-state index in [1.807, 2.05) is 0 Å². The normalized spacial score (nSPS) is 15.4. The van der Waals surface area contributed by atoms with Gasteiger partial charge < -0.3 is 9.64 Å². The zero-order valence-electron chi connectivity index (χ0n) is 15.4. The highest BCUT2D eigenvalue weighted by atomic mass is 32.2. The molecule has 1 saturated heterocycles. The molecule has 3 rings (SSSR count). The molecule has 0 bridgehead atoms. The third-order valence-corrected chi connectivity index (χ3v) is 6.21. The molecule has 0 spiro atoms. The number of thiazole rings is 1. The third kappa shape index (κ3) is 5.71. The standard InChI is InChI=1S/C17H19FN4O5S2/c1-11(18)10-27-12-3-2-4-14(5-12)29(25,26)20-7-13-6-19-16(28-13)9-22-8-15(23)21-17(22)24/h2-6,11,20H,7-10H2,1H3,(H,21,23,24). The summed E-state index contributed by atoms with van der Waals surface area (Å²) in [7, 11) is -3.81. The van der Waals surface area contributed by atoms with E-state index in [0.29, 0.717) is 9.88 Å². The summed E-state index contributed by atoms with van der Waals surface area (Å²) >= 11 is 1.24. The van der Waals surface area contributed by atoms with Gasteiger partial charge in [-0.25, -0.2) is 27.3 Å². The number of amides is 3. The Balaban J connectivity index is 1.59. The Morgan fingerprint density at radius 1 is 1.41 bits per heavy atom. The second-order valence-electron chi connectivity index (χ2n) is 6.32. The molecule has 1 unspecified atom stereocenters. The van der Waals surface area contributed by atoms with Crippen LogP contribution < -0.4 is 14.8 Å². The highest BCUT2D eigenvalue weighted by molar-refractivity contribution is 7.89. The van der Waals surface area contributed by atoms with Crippen molar-refractivity contribution in [2.45, 2.75) is 31.1 Å². The van der Waals surface area contributed by atoms with Crippen molar-refractivity contribution in [1.82, 2.24) is 19.9 Å². The molecule has 1 aromatic carbocycles. The summed E-state index contributed by atoms with van der Waals surface area (Å²) in [5.74, 6) is -0.109. The molecule has 2 aromatic rings. The molecule has 0 aliphatic carbocycles. The highest BCUT2D eigenvalue weighted by Crippen LogP contribution is 2.20. The molecule has 1 aliphatic rings. The van der Waals surface area contributed by atoms with Crippen LogP contribution in [0.25, 0.3) is 0 Å². The number of hydrogen-bond acceptors (Lipinski definition) is 7. The van der Waals surface area contributed by atoms with Crippen LogP contribution >= 0.6 is 11.3 Å². The number of urea groups is 1. The molecule has 1 fully saturated rings. The van der Waals surface area contributed by atoms with E-state index in [9.17, 15) is 22.4 Å². The van der Waals surface area contributed by atoms with Crippen molar-refractivity contribution in [3.63, 3.8) is 0 Å². The van der Waals surface area contributed by atoms with Crippen molar-refractivity contribution >= 4 is 33.3 Å². The fourth-order valence-electron chi connectivity index (χ4n) is 2.47. The van der Waals surface area contributed by atoms with Gasteiger partial charge in [-0.2, -0.15) is 0 Å². The first-order valence-electron chi connectivity index (χ1n) is 8.62. The molecule has 2 heterocycles. The van der Waals surface area contributed by atoms with Crippen LogP contribution in [0.15, 0.2) is 35.4 Å². The topological polar surface area (TPSA) is 118 Å². The average Bonchev–Trinajstić information content (AvgIpc) is 3.24. The quantitative estimate of drug-likeness (QED) is 0.567. The largest absolute Gasteiger partial charge is 0.491 e. The molecule has 0 radical (unpaired) electrons. The number of hydrogen-bond donors (Lipinski definition) is 2. The number of carbonyl (C=O) groups excluding carboxylic acids is 2. The Morgan fingerprint density at radius 2 is 2.21 bits per heavy atom. The van der Waals surface area contributed by atoms with Crippen LogP contribution in [0.1, 0.15) is 16.8 Å². The van der Waals surface area contributed by atoms with E-state index in [-0.39, 0.29) is 42.8 Å². The number of rotatable bonds is 9. The van der Waals surface area contributed by atoms with Crippen LogP contribution in [0.4, 0.5) is 9.18 Å². The molecule has 156 valence electrons. The highest BCUT2D eigenvalue weighted by Gasteiger charge is 2.27. The maximum Gasteiger partial charge on any atom is 0.324 e.